The van der Waals surface area contributed by atoms with Gasteiger partial charge in [-0.05, 0) is 12.3 Å². The molecule has 0 saturated heterocycles. The summed E-state index contributed by atoms with van der Waals surface area (Å²) in [5.74, 6) is 2.54. The van der Waals surface area contributed by atoms with Crippen molar-refractivity contribution in [2.75, 3.05) is 24.2 Å². The van der Waals surface area contributed by atoms with Crippen molar-refractivity contribution in [1.29, 1.82) is 0 Å². The average molecular weight is 222 g/mol. The Bertz CT molecular complexity index is 299. The Kier molecular flexibility index (Phi) is 5.61. The predicted octanol–water partition coefficient (Wildman–Crippen LogP) is 2.76. The van der Waals surface area contributed by atoms with E-state index in [0.29, 0.717) is 0 Å². The highest BCUT2D eigenvalue weighted by Crippen LogP contribution is 2.09. The van der Waals surface area contributed by atoms with Gasteiger partial charge >= 0.3 is 0 Å². The summed E-state index contributed by atoms with van der Waals surface area (Å²) >= 11 is 0. The van der Waals surface area contributed by atoms with E-state index in [0.717, 1.165) is 24.1 Å². The normalized spacial score (nSPS) is 10.5. The van der Waals surface area contributed by atoms with Gasteiger partial charge in [0.15, 0.2) is 0 Å². The third-order valence-electron chi connectivity index (χ3n) is 2.44. The number of unbranched alkanes of at least 4 members (excludes halogenated alkanes) is 1. The maximum Gasteiger partial charge on any atom is 0.131 e. The molecule has 1 aromatic heterocycles. The Morgan fingerprint density at radius 2 is 1.94 bits per heavy atom. The number of rotatable bonds is 7. The van der Waals surface area contributed by atoms with Crippen LogP contribution < -0.4 is 10.6 Å². The van der Waals surface area contributed by atoms with Crippen molar-refractivity contribution in [3.63, 3.8) is 0 Å². The minimum atomic E-state index is 0.801. The molecular weight excluding hydrogens is 200 g/mol. The first-order valence-electron chi connectivity index (χ1n) is 5.96. The van der Waals surface area contributed by atoms with Gasteiger partial charge in [-0.15, -0.1) is 0 Å². The van der Waals surface area contributed by atoms with Crippen LogP contribution in [-0.2, 0) is 0 Å². The molecule has 0 aromatic carbocycles. The molecular formula is C12H22N4. The van der Waals surface area contributed by atoms with Crippen LogP contribution in [0.4, 0.5) is 11.6 Å². The number of anilines is 2. The SMILES string of the molecule is CNc1cc(NCCCCC(C)C)ncn1. The van der Waals surface area contributed by atoms with Gasteiger partial charge in [-0.3, -0.25) is 0 Å². The first-order chi connectivity index (χ1) is 7.72. The number of aromatic nitrogens is 2. The van der Waals surface area contributed by atoms with E-state index >= 15 is 0 Å². The summed E-state index contributed by atoms with van der Waals surface area (Å²) in [5.41, 5.74) is 0. The topological polar surface area (TPSA) is 49.8 Å². The lowest BCUT2D eigenvalue weighted by molar-refractivity contribution is 0.544. The lowest BCUT2D eigenvalue weighted by Crippen LogP contribution is -2.05. The molecule has 1 heterocycles. The van der Waals surface area contributed by atoms with Gasteiger partial charge in [0.1, 0.15) is 18.0 Å². The van der Waals surface area contributed by atoms with Gasteiger partial charge in [0, 0.05) is 19.7 Å². The van der Waals surface area contributed by atoms with E-state index in [1.807, 2.05) is 13.1 Å². The molecule has 1 aromatic rings. The van der Waals surface area contributed by atoms with Crippen molar-refractivity contribution in [2.24, 2.45) is 5.92 Å². The molecule has 4 heteroatoms. The molecule has 0 aliphatic carbocycles. The van der Waals surface area contributed by atoms with Crippen LogP contribution in [0.15, 0.2) is 12.4 Å². The highest BCUT2D eigenvalue weighted by molar-refractivity contribution is 5.45. The molecule has 0 bridgehead atoms. The Hall–Kier alpha value is -1.32. The third kappa shape index (κ3) is 4.96. The van der Waals surface area contributed by atoms with Gasteiger partial charge in [-0.1, -0.05) is 26.7 Å². The van der Waals surface area contributed by atoms with Crippen molar-refractivity contribution in [3.05, 3.63) is 12.4 Å². The van der Waals surface area contributed by atoms with E-state index in [-0.39, 0.29) is 0 Å². The van der Waals surface area contributed by atoms with Crippen LogP contribution in [0.3, 0.4) is 0 Å². The molecule has 16 heavy (non-hydrogen) atoms. The van der Waals surface area contributed by atoms with Gasteiger partial charge < -0.3 is 10.6 Å². The van der Waals surface area contributed by atoms with Crippen LogP contribution >= 0.6 is 0 Å². The maximum absolute atomic E-state index is 4.16. The fraction of sp³-hybridized carbons (Fsp3) is 0.667. The Labute approximate surface area is 97.9 Å². The van der Waals surface area contributed by atoms with Gasteiger partial charge in [-0.2, -0.15) is 0 Å². The van der Waals surface area contributed by atoms with E-state index < -0.39 is 0 Å². The van der Waals surface area contributed by atoms with Crippen LogP contribution in [0.5, 0.6) is 0 Å². The summed E-state index contributed by atoms with van der Waals surface area (Å²) in [6.07, 6.45) is 5.33. The molecule has 0 saturated carbocycles. The van der Waals surface area contributed by atoms with E-state index in [4.69, 9.17) is 0 Å². The first kappa shape index (κ1) is 12.7. The van der Waals surface area contributed by atoms with Crippen molar-refractivity contribution in [2.45, 2.75) is 33.1 Å². The molecule has 0 unspecified atom stereocenters. The fourth-order valence-electron chi connectivity index (χ4n) is 1.48. The Balaban J connectivity index is 2.21. The van der Waals surface area contributed by atoms with Crippen molar-refractivity contribution >= 4 is 11.6 Å². The van der Waals surface area contributed by atoms with E-state index in [9.17, 15) is 0 Å². The minimum Gasteiger partial charge on any atom is -0.373 e. The standard InChI is InChI=1S/C12H22N4/c1-10(2)6-4-5-7-14-12-8-11(13-3)15-9-16-12/h8-10H,4-7H2,1-3H3,(H2,13,14,15,16). The van der Waals surface area contributed by atoms with E-state index in [1.165, 1.54) is 19.3 Å². The fourth-order valence-corrected chi connectivity index (χ4v) is 1.48. The van der Waals surface area contributed by atoms with E-state index in [1.54, 1.807) is 6.33 Å². The Morgan fingerprint density at radius 3 is 2.62 bits per heavy atom. The highest BCUT2D eigenvalue weighted by atomic mass is 15.0. The molecule has 2 N–H and O–H groups in total. The molecule has 0 fully saturated rings. The lowest BCUT2D eigenvalue weighted by Gasteiger charge is -2.07. The monoisotopic (exact) mass is 222 g/mol. The van der Waals surface area contributed by atoms with Crippen LogP contribution in [-0.4, -0.2) is 23.6 Å². The number of hydrogen-bond donors (Lipinski definition) is 2. The number of nitrogens with zero attached hydrogens (tertiary/aromatic N) is 2. The van der Waals surface area contributed by atoms with Crippen LogP contribution in [0.25, 0.3) is 0 Å². The second kappa shape index (κ2) is 7.04. The number of nitrogens with one attached hydrogen (secondary N) is 2. The summed E-state index contributed by atoms with van der Waals surface area (Å²) in [4.78, 5) is 8.22. The van der Waals surface area contributed by atoms with Gasteiger partial charge in [-0.25, -0.2) is 9.97 Å². The molecule has 0 aliphatic rings. The van der Waals surface area contributed by atoms with Crippen LogP contribution in [0.2, 0.25) is 0 Å². The quantitative estimate of drug-likeness (QED) is 0.696. The molecule has 0 aliphatic heterocycles. The summed E-state index contributed by atoms with van der Waals surface area (Å²) < 4.78 is 0. The summed E-state index contributed by atoms with van der Waals surface area (Å²) in [5, 5.41) is 6.29. The van der Waals surface area contributed by atoms with Gasteiger partial charge in [0.2, 0.25) is 0 Å². The van der Waals surface area contributed by atoms with Crippen molar-refractivity contribution in [3.8, 4) is 0 Å². The zero-order chi connectivity index (χ0) is 11.8. The predicted molar refractivity (Wildman–Crippen MR) is 68.8 cm³/mol. The maximum atomic E-state index is 4.16. The van der Waals surface area contributed by atoms with Crippen molar-refractivity contribution < 1.29 is 0 Å². The van der Waals surface area contributed by atoms with Crippen LogP contribution in [0, 0.1) is 5.92 Å². The molecule has 0 spiro atoms. The van der Waals surface area contributed by atoms with Crippen molar-refractivity contribution in [1.82, 2.24) is 9.97 Å². The zero-order valence-corrected chi connectivity index (χ0v) is 10.5. The largest absolute Gasteiger partial charge is 0.373 e. The molecule has 1 rings (SSSR count). The minimum absolute atomic E-state index is 0.801. The molecule has 0 amide bonds. The van der Waals surface area contributed by atoms with E-state index in [2.05, 4.69) is 34.4 Å². The number of hydrogen-bond acceptors (Lipinski definition) is 4. The summed E-state index contributed by atoms with van der Waals surface area (Å²) in [7, 11) is 1.86. The smallest absolute Gasteiger partial charge is 0.131 e. The van der Waals surface area contributed by atoms with Gasteiger partial charge in [0.25, 0.3) is 0 Å². The molecule has 0 radical (unpaired) electrons. The summed E-state index contributed by atoms with van der Waals surface area (Å²) in [6, 6.07) is 1.92. The third-order valence-corrected chi connectivity index (χ3v) is 2.44. The second-order valence-electron chi connectivity index (χ2n) is 4.35. The zero-order valence-electron chi connectivity index (χ0n) is 10.5. The first-order valence-corrected chi connectivity index (χ1v) is 5.96. The lowest BCUT2D eigenvalue weighted by atomic mass is 10.1. The molecule has 4 nitrogen and oxygen atoms in total. The van der Waals surface area contributed by atoms with Gasteiger partial charge in [0.05, 0.1) is 0 Å². The second-order valence-corrected chi connectivity index (χ2v) is 4.35. The highest BCUT2D eigenvalue weighted by Gasteiger charge is 1.97. The molecule has 0 atom stereocenters. The average Bonchev–Trinajstić information content (AvgIpc) is 2.28. The van der Waals surface area contributed by atoms with Crippen LogP contribution in [0.1, 0.15) is 33.1 Å². The Morgan fingerprint density at radius 1 is 1.19 bits per heavy atom. The molecule has 90 valence electrons. The summed E-state index contributed by atoms with van der Waals surface area (Å²) in [6.45, 7) is 5.50.